The first kappa shape index (κ1) is 15.6. The van der Waals surface area contributed by atoms with E-state index in [9.17, 15) is 14.9 Å². The van der Waals surface area contributed by atoms with Crippen molar-refractivity contribution in [1.29, 1.82) is 0 Å². The van der Waals surface area contributed by atoms with Crippen LogP contribution in [0.25, 0.3) is 0 Å². The molecule has 1 unspecified atom stereocenters. The Hall–Kier alpha value is -2.80. The van der Waals surface area contributed by atoms with Crippen molar-refractivity contribution in [1.82, 2.24) is 10.3 Å². The minimum Gasteiger partial charge on any atom is -0.358 e. The number of hydrogen-bond acceptors (Lipinski definition) is 5. The number of aromatic nitrogens is 1. The van der Waals surface area contributed by atoms with Crippen molar-refractivity contribution in [2.45, 2.75) is 13.0 Å². The molecule has 1 amide bonds. The second kappa shape index (κ2) is 6.77. The van der Waals surface area contributed by atoms with Gasteiger partial charge in [-0.1, -0.05) is 12.1 Å². The lowest BCUT2D eigenvalue weighted by Gasteiger charge is -2.11. The maximum absolute atomic E-state index is 12.1. The number of anilines is 1. The molecule has 0 spiro atoms. The molecule has 0 aliphatic heterocycles. The van der Waals surface area contributed by atoms with Crippen LogP contribution in [0.1, 0.15) is 28.9 Å². The average molecular weight is 300 g/mol. The second-order valence-electron chi connectivity index (χ2n) is 4.75. The third-order valence-corrected chi connectivity index (χ3v) is 3.30. The van der Waals surface area contributed by atoms with Gasteiger partial charge in [0.15, 0.2) is 0 Å². The number of hydrogen-bond donors (Lipinski definition) is 2. The van der Waals surface area contributed by atoms with E-state index in [2.05, 4.69) is 15.6 Å². The predicted octanol–water partition coefficient (Wildman–Crippen LogP) is 2.52. The summed E-state index contributed by atoms with van der Waals surface area (Å²) in [6, 6.07) is 10.1. The molecular formula is C15H16N4O3. The highest BCUT2D eigenvalue weighted by atomic mass is 16.6. The van der Waals surface area contributed by atoms with Crippen molar-refractivity contribution in [2.24, 2.45) is 0 Å². The molecule has 0 bridgehead atoms. The fourth-order valence-electron chi connectivity index (χ4n) is 1.89. The van der Waals surface area contributed by atoms with E-state index in [4.69, 9.17) is 0 Å². The molecule has 7 heteroatoms. The Balaban J connectivity index is 2.12. The first-order valence-electron chi connectivity index (χ1n) is 6.70. The summed E-state index contributed by atoms with van der Waals surface area (Å²) in [7, 11) is 1.86. The topological polar surface area (TPSA) is 97.2 Å². The molecule has 2 rings (SSSR count). The number of benzene rings is 1. The van der Waals surface area contributed by atoms with Crippen LogP contribution in [-0.4, -0.2) is 22.9 Å². The van der Waals surface area contributed by atoms with Crippen LogP contribution in [0.3, 0.4) is 0 Å². The molecule has 7 nitrogen and oxygen atoms in total. The fraction of sp³-hybridized carbons (Fsp3) is 0.200. The fourth-order valence-corrected chi connectivity index (χ4v) is 1.89. The van der Waals surface area contributed by atoms with Gasteiger partial charge in [-0.2, -0.15) is 0 Å². The van der Waals surface area contributed by atoms with Gasteiger partial charge in [0.1, 0.15) is 6.20 Å². The molecule has 2 N–H and O–H groups in total. The average Bonchev–Trinajstić information content (AvgIpc) is 2.54. The first-order valence-corrected chi connectivity index (χ1v) is 6.70. The maximum atomic E-state index is 12.1. The number of carbonyl (C=O) groups excluding carboxylic acids is 1. The third kappa shape index (κ3) is 3.64. The molecule has 1 atom stereocenters. The van der Waals surface area contributed by atoms with Crippen LogP contribution in [0, 0.1) is 10.1 Å². The Bertz CT molecular complexity index is 685. The van der Waals surface area contributed by atoms with Crippen molar-refractivity contribution in [3.05, 3.63) is 63.8 Å². The number of amides is 1. The second-order valence-corrected chi connectivity index (χ2v) is 4.75. The van der Waals surface area contributed by atoms with Gasteiger partial charge < -0.3 is 20.7 Å². The molecule has 22 heavy (non-hydrogen) atoms. The van der Waals surface area contributed by atoms with Gasteiger partial charge in [-0.3, -0.25) is 4.79 Å². The summed E-state index contributed by atoms with van der Waals surface area (Å²) in [5.41, 5.74) is 1.88. The number of carbonyl (C=O) groups is 1. The molecule has 0 aliphatic rings. The Kier molecular flexibility index (Phi) is 4.80. The summed E-state index contributed by atoms with van der Waals surface area (Å²) in [5, 5.41) is 16.4. The van der Waals surface area contributed by atoms with E-state index in [1.807, 2.05) is 26.1 Å². The summed E-state index contributed by atoms with van der Waals surface area (Å²) in [6.07, 6.45) is 1.28. The van der Waals surface area contributed by atoms with Crippen LogP contribution in [0.5, 0.6) is 0 Å². The monoisotopic (exact) mass is 300 g/mol. The zero-order valence-electron chi connectivity index (χ0n) is 12.2. The highest BCUT2D eigenvalue weighted by Crippen LogP contribution is 2.16. The molecule has 0 radical (unpaired) electrons. The molecular weight excluding hydrogens is 284 g/mol. The van der Waals surface area contributed by atoms with Crippen molar-refractivity contribution in [3.63, 3.8) is 0 Å². The standard InChI is InChI=1S/C15H16N4O3/c1-10(16-2)11-3-5-12(6-4-11)15(20)18-13-7-8-17-14(9-13)19(21)22/h3-10,16H,1-2H3,(H,17,18,20). The van der Waals surface area contributed by atoms with E-state index in [0.29, 0.717) is 11.3 Å². The molecule has 2 aromatic rings. The largest absolute Gasteiger partial charge is 0.365 e. The summed E-state index contributed by atoms with van der Waals surface area (Å²) < 4.78 is 0. The molecule has 0 aliphatic carbocycles. The highest BCUT2D eigenvalue weighted by molar-refractivity contribution is 6.04. The van der Waals surface area contributed by atoms with Gasteiger partial charge >= 0.3 is 5.82 Å². The molecule has 0 saturated heterocycles. The van der Waals surface area contributed by atoms with Crippen molar-refractivity contribution in [3.8, 4) is 0 Å². The number of rotatable bonds is 5. The van der Waals surface area contributed by atoms with Gasteiger partial charge in [0.2, 0.25) is 0 Å². The van der Waals surface area contributed by atoms with E-state index in [-0.39, 0.29) is 17.8 Å². The number of nitro groups is 1. The van der Waals surface area contributed by atoms with E-state index >= 15 is 0 Å². The van der Waals surface area contributed by atoms with Crippen LogP contribution in [0.4, 0.5) is 11.5 Å². The Morgan fingerprint density at radius 1 is 1.27 bits per heavy atom. The van der Waals surface area contributed by atoms with Gasteiger partial charge in [-0.05, 0) is 41.6 Å². The minimum absolute atomic E-state index is 0.194. The van der Waals surface area contributed by atoms with Gasteiger partial charge in [-0.15, -0.1) is 0 Å². The quantitative estimate of drug-likeness (QED) is 0.653. The van der Waals surface area contributed by atoms with E-state index in [0.717, 1.165) is 5.56 Å². The van der Waals surface area contributed by atoms with Gasteiger partial charge in [0, 0.05) is 17.7 Å². The van der Waals surface area contributed by atoms with Crippen LogP contribution in [-0.2, 0) is 0 Å². The lowest BCUT2D eigenvalue weighted by molar-refractivity contribution is -0.389. The van der Waals surface area contributed by atoms with Crippen LogP contribution in [0.2, 0.25) is 0 Å². The molecule has 0 saturated carbocycles. The lowest BCUT2D eigenvalue weighted by atomic mass is 10.1. The first-order chi connectivity index (χ1) is 10.5. The minimum atomic E-state index is -0.608. The smallest absolute Gasteiger partial charge is 0.358 e. The van der Waals surface area contributed by atoms with Crippen molar-refractivity contribution < 1.29 is 9.72 Å². The van der Waals surface area contributed by atoms with Gasteiger partial charge in [0.25, 0.3) is 5.91 Å². The van der Waals surface area contributed by atoms with Crippen LogP contribution >= 0.6 is 0 Å². The number of nitrogens with one attached hydrogen (secondary N) is 2. The Morgan fingerprint density at radius 2 is 1.95 bits per heavy atom. The molecule has 1 heterocycles. The Labute approximate surface area is 127 Å². The van der Waals surface area contributed by atoms with Crippen LogP contribution < -0.4 is 10.6 Å². The molecule has 0 fully saturated rings. The molecule has 1 aromatic carbocycles. The van der Waals surface area contributed by atoms with Gasteiger partial charge in [-0.25, -0.2) is 0 Å². The SMILES string of the molecule is CNC(C)c1ccc(C(=O)Nc2ccnc([N+](=O)[O-])c2)cc1. The predicted molar refractivity (Wildman–Crippen MR) is 82.8 cm³/mol. The normalized spacial score (nSPS) is 11.7. The lowest BCUT2D eigenvalue weighted by Crippen LogP contribution is -2.14. The van der Waals surface area contributed by atoms with Crippen molar-refractivity contribution >= 4 is 17.4 Å². The Morgan fingerprint density at radius 3 is 2.55 bits per heavy atom. The molecule has 114 valence electrons. The van der Waals surface area contributed by atoms with E-state index in [1.54, 1.807) is 12.1 Å². The zero-order valence-corrected chi connectivity index (χ0v) is 12.2. The van der Waals surface area contributed by atoms with E-state index in [1.165, 1.54) is 18.3 Å². The maximum Gasteiger partial charge on any atom is 0.365 e. The van der Waals surface area contributed by atoms with E-state index < -0.39 is 4.92 Å². The molecule has 1 aromatic heterocycles. The summed E-state index contributed by atoms with van der Waals surface area (Å²) in [6.45, 7) is 2.02. The number of pyridine rings is 1. The van der Waals surface area contributed by atoms with Crippen molar-refractivity contribution in [2.75, 3.05) is 12.4 Å². The van der Waals surface area contributed by atoms with Gasteiger partial charge in [0.05, 0.1) is 11.8 Å². The van der Waals surface area contributed by atoms with Crippen LogP contribution in [0.15, 0.2) is 42.6 Å². The summed E-state index contributed by atoms with van der Waals surface area (Å²) in [4.78, 5) is 25.8. The zero-order chi connectivity index (χ0) is 16.1. The third-order valence-electron chi connectivity index (χ3n) is 3.30. The highest BCUT2D eigenvalue weighted by Gasteiger charge is 2.11. The summed E-state index contributed by atoms with van der Waals surface area (Å²) in [5.74, 6) is -0.639. The number of nitrogens with zero attached hydrogens (tertiary/aromatic N) is 2. The summed E-state index contributed by atoms with van der Waals surface area (Å²) >= 11 is 0.